The molecule has 1 atom stereocenters. The van der Waals surface area contributed by atoms with E-state index in [0.29, 0.717) is 23.4 Å². The summed E-state index contributed by atoms with van der Waals surface area (Å²) in [4.78, 5) is 4.31. The molecule has 1 aliphatic carbocycles. The number of hydrogen-bond acceptors (Lipinski definition) is 5. The van der Waals surface area contributed by atoms with Gasteiger partial charge >= 0.3 is 0 Å². The smallest absolute Gasteiger partial charge is 0.229 e. The van der Waals surface area contributed by atoms with Crippen LogP contribution in [0.25, 0.3) is 0 Å². The summed E-state index contributed by atoms with van der Waals surface area (Å²) in [6.07, 6.45) is 1.69. The molecule has 1 aromatic heterocycles. The van der Waals surface area contributed by atoms with Crippen molar-refractivity contribution in [3.63, 3.8) is 0 Å². The third-order valence-electron chi connectivity index (χ3n) is 3.38. The Morgan fingerprint density at radius 2 is 2.25 bits per heavy atom. The van der Waals surface area contributed by atoms with Gasteiger partial charge in [0.25, 0.3) is 0 Å². The molecule has 20 heavy (non-hydrogen) atoms. The van der Waals surface area contributed by atoms with E-state index in [4.69, 9.17) is 9.26 Å². The number of aryl methyl sites for hydroxylation is 1. The average molecular weight is 274 g/mol. The lowest BCUT2D eigenvalue weighted by Gasteiger charge is -2.13. The van der Waals surface area contributed by atoms with E-state index >= 15 is 0 Å². The minimum absolute atomic E-state index is 0.249. The Morgan fingerprint density at radius 1 is 1.45 bits per heavy atom. The first kappa shape index (κ1) is 13.1. The van der Waals surface area contributed by atoms with Crippen molar-refractivity contribution in [2.45, 2.75) is 45.3 Å². The molecule has 1 heterocycles. The van der Waals surface area contributed by atoms with Crippen molar-refractivity contribution < 1.29 is 14.4 Å². The fourth-order valence-corrected chi connectivity index (χ4v) is 2.09. The van der Waals surface area contributed by atoms with E-state index in [1.165, 1.54) is 0 Å². The van der Waals surface area contributed by atoms with Gasteiger partial charge in [-0.15, -0.1) is 0 Å². The highest BCUT2D eigenvalue weighted by Gasteiger charge is 2.29. The van der Waals surface area contributed by atoms with Crippen LogP contribution in [0.4, 0.5) is 0 Å². The van der Waals surface area contributed by atoms with Crippen molar-refractivity contribution in [3.8, 4) is 5.75 Å². The number of aromatic nitrogens is 2. The predicted molar refractivity (Wildman–Crippen MR) is 72.4 cm³/mol. The topological polar surface area (TPSA) is 68.4 Å². The summed E-state index contributed by atoms with van der Waals surface area (Å²) in [6.45, 7) is 3.96. The molecule has 2 aromatic rings. The van der Waals surface area contributed by atoms with Gasteiger partial charge in [-0.3, -0.25) is 0 Å². The molecule has 1 saturated carbocycles. The molecule has 0 amide bonds. The number of hydrogen-bond donors (Lipinski definition) is 1. The first-order valence-corrected chi connectivity index (χ1v) is 6.87. The Hall–Kier alpha value is -1.88. The fraction of sp³-hybridized carbons (Fsp3) is 0.467. The van der Waals surface area contributed by atoms with E-state index in [1.807, 2.05) is 25.1 Å². The number of aliphatic hydroxyl groups excluding tert-OH is 1. The third-order valence-corrected chi connectivity index (χ3v) is 3.38. The largest absolute Gasteiger partial charge is 0.485 e. The van der Waals surface area contributed by atoms with Gasteiger partial charge in [-0.05, 0) is 38.8 Å². The highest BCUT2D eigenvalue weighted by Crippen LogP contribution is 2.38. The molecule has 5 nitrogen and oxygen atoms in total. The fourth-order valence-electron chi connectivity index (χ4n) is 2.09. The van der Waals surface area contributed by atoms with Gasteiger partial charge in [-0.1, -0.05) is 16.8 Å². The summed E-state index contributed by atoms with van der Waals surface area (Å²) in [5, 5.41) is 13.7. The molecule has 1 unspecified atom stereocenters. The number of benzene rings is 1. The highest BCUT2D eigenvalue weighted by molar-refractivity contribution is 5.38. The van der Waals surface area contributed by atoms with E-state index in [0.717, 1.165) is 24.0 Å². The molecule has 0 bridgehead atoms. The van der Waals surface area contributed by atoms with Crippen LogP contribution in [0.3, 0.4) is 0 Å². The first-order chi connectivity index (χ1) is 9.63. The molecule has 5 heteroatoms. The van der Waals surface area contributed by atoms with Crippen molar-refractivity contribution in [2.75, 3.05) is 0 Å². The lowest BCUT2D eigenvalue weighted by molar-refractivity contribution is 0.189. The van der Waals surface area contributed by atoms with Crippen molar-refractivity contribution in [1.29, 1.82) is 0 Å². The minimum atomic E-state index is -0.572. The summed E-state index contributed by atoms with van der Waals surface area (Å²) in [7, 11) is 0. The molecule has 1 fully saturated rings. The third kappa shape index (κ3) is 2.82. The zero-order valence-corrected chi connectivity index (χ0v) is 11.7. The Morgan fingerprint density at radius 3 is 2.95 bits per heavy atom. The molecular weight excluding hydrogens is 256 g/mol. The second-order valence-electron chi connectivity index (χ2n) is 5.33. The van der Waals surface area contributed by atoms with Crippen molar-refractivity contribution in [1.82, 2.24) is 10.1 Å². The van der Waals surface area contributed by atoms with Gasteiger partial charge in [-0.25, -0.2) is 0 Å². The molecule has 0 spiro atoms. The molecule has 0 saturated heterocycles. The summed E-state index contributed by atoms with van der Waals surface area (Å²) >= 11 is 0. The molecule has 1 N–H and O–H groups in total. The van der Waals surface area contributed by atoms with Crippen LogP contribution in [0.2, 0.25) is 0 Å². The van der Waals surface area contributed by atoms with Crippen LogP contribution in [0.15, 0.2) is 22.7 Å². The normalized spacial score (nSPS) is 16.1. The van der Waals surface area contributed by atoms with Crippen LogP contribution in [0.5, 0.6) is 5.75 Å². The van der Waals surface area contributed by atoms with Gasteiger partial charge in [0.05, 0.1) is 6.10 Å². The standard InChI is InChI=1S/C15H18N2O3/c1-9-3-6-13(12(7-9)10(2)18)19-8-14-16-15(20-17-14)11-4-5-11/h3,6-7,10-11,18H,4-5,8H2,1-2H3. The summed E-state index contributed by atoms with van der Waals surface area (Å²) in [6, 6.07) is 5.73. The average Bonchev–Trinajstić information content (AvgIpc) is 3.17. The van der Waals surface area contributed by atoms with E-state index in [-0.39, 0.29) is 6.61 Å². The van der Waals surface area contributed by atoms with Crippen LogP contribution >= 0.6 is 0 Å². The Kier molecular flexibility index (Phi) is 3.44. The number of nitrogens with zero attached hydrogens (tertiary/aromatic N) is 2. The molecule has 0 radical (unpaired) electrons. The molecule has 106 valence electrons. The number of aliphatic hydroxyl groups is 1. The minimum Gasteiger partial charge on any atom is -0.485 e. The SMILES string of the molecule is Cc1ccc(OCc2noc(C3CC3)n2)c(C(C)O)c1. The van der Waals surface area contributed by atoms with Gasteiger partial charge < -0.3 is 14.4 Å². The molecular formula is C15H18N2O3. The molecule has 1 aromatic carbocycles. The van der Waals surface area contributed by atoms with Crippen LogP contribution in [-0.2, 0) is 6.61 Å². The maximum Gasteiger partial charge on any atom is 0.229 e. The summed E-state index contributed by atoms with van der Waals surface area (Å²) < 4.78 is 10.9. The van der Waals surface area contributed by atoms with Gasteiger partial charge in [-0.2, -0.15) is 4.98 Å². The lowest BCUT2D eigenvalue weighted by atomic mass is 10.1. The highest BCUT2D eigenvalue weighted by atomic mass is 16.5. The molecule has 0 aliphatic heterocycles. The maximum atomic E-state index is 9.78. The Bertz CT molecular complexity index is 603. The van der Waals surface area contributed by atoms with E-state index < -0.39 is 6.10 Å². The van der Waals surface area contributed by atoms with Crippen molar-refractivity contribution in [2.24, 2.45) is 0 Å². The number of ether oxygens (including phenoxy) is 1. The van der Waals surface area contributed by atoms with Gasteiger partial charge in [0.1, 0.15) is 5.75 Å². The van der Waals surface area contributed by atoms with E-state index in [2.05, 4.69) is 10.1 Å². The summed E-state index contributed by atoms with van der Waals surface area (Å²) in [5.41, 5.74) is 1.86. The van der Waals surface area contributed by atoms with E-state index in [1.54, 1.807) is 6.92 Å². The van der Waals surface area contributed by atoms with Crippen molar-refractivity contribution >= 4 is 0 Å². The van der Waals surface area contributed by atoms with Gasteiger partial charge in [0, 0.05) is 11.5 Å². The molecule has 1 aliphatic rings. The summed E-state index contributed by atoms with van der Waals surface area (Å²) in [5.74, 6) is 2.36. The van der Waals surface area contributed by atoms with Crippen LogP contribution in [0.1, 0.15) is 54.6 Å². The monoisotopic (exact) mass is 274 g/mol. The quantitative estimate of drug-likeness (QED) is 0.908. The van der Waals surface area contributed by atoms with Gasteiger partial charge in [0.15, 0.2) is 6.61 Å². The van der Waals surface area contributed by atoms with E-state index in [9.17, 15) is 5.11 Å². The predicted octanol–water partition coefficient (Wildman–Crippen LogP) is 2.89. The van der Waals surface area contributed by atoms with Crippen LogP contribution < -0.4 is 4.74 Å². The maximum absolute atomic E-state index is 9.78. The second-order valence-corrected chi connectivity index (χ2v) is 5.33. The van der Waals surface area contributed by atoms with Crippen molar-refractivity contribution in [3.05, 3.63) is 41.0 Å². The lowest BCUT2D eigenvalue weighted by Crippen LogP contribution is -2.02. The van der Waals surface area contributed by atoms with Crippen LogP contribution in [-0.4, -0.2) is 15.2 Å². The van der Waals surface area contributed by atoms with Gasteiger partial charge in [0.2, 0.25) is 11.7 Å². The zero-order valence-electron chi connectivity index (χ0n) is 11.7. The van der Waals surface area contributed by atoms with Crippen LogP contribution in [0, 0.1) is 6.92 Å². The molecule has 3 rings (SSSR count). The Balaban J connectivity index is 1.70. The zero-order chi connectivity index (χ0) is 14.1. The Labute approximate surface area is 117 Å². The number of rotatable bonds is 5. The first-order valence-electron chi connectivity index (χ1n) is 6.87. The second kappa shape index (κ2) is 5.25.